The summed E-state index contributed by atoms with van der Waals surface area (Å²) in [6.45, 7) is 2.13. The summed E-state index contributed by atoms with van der Waals surface area (Å²) in [4.78, 5) is 5.47. The third kappa shape index (κ3) is 5.45. The van der Waals surface area contributed by atoms with E-state index in [0.717, 1.165) is 10.4 Å². The fraction of sp³-hybridized carbons (Fsp3) is 0.238. The van der Waals surface area contributed by atoms with E-state index in [0.29, 0.717) is 43.6 Å². The Morgan fingerprint density at radius 2 is 1.88 bits per heavy atom. The van der Waals surface area contributed by atoms with E-state index < -0.39 is 10.0 Å². The highest BCUT2D eigenvalue weighted by Crippen LogP contribution is 2.20. The number of nitrogens with one attached hydrogen (secondary N) is 1. The number of aromatic nitrogens is 1. The van der Waals surface area contributed by atoms with Crippen molar-refractivity contribution in [1.82, 2.24) is 8.87 Å². The first-order chi connectivity index (χ1) is 15.4. The number of ether oxygens (including phenoxy) is 1. The van der Waals surface area contributed by atoms with Gasteiger partial charge in [-0.1, -0.05) is 29.8 Å². The minimum Gasteiger partial charge on any atom is -0.379 e. The van der Waals surface area contributed by atoms with Gasteiger partial charge < -0.3 is 14.6 Å². The molecular weight excluding hydrogens is 488 g/mol. The lowest BCUT2D eigenvalue weighted by molar-refractivity contribution is 0.0730. The summed E-state index contributed by atoms with van der Waals surface area (Å²) in [5.41, 5.74) is 1.65. The third-order valence-electron chi connectivity index (χ3n) is 4.87. The third-order valence-corrected chi connectivity index (χ3v) is 8.14. The molecule has 3 aromatic rings. The number of morpholine rings is 1. The average Bonchev–Trinajstić information content (AvgIpc) is 3.22. The lowest BCUT2D eigenvalue weighted by atomic mass is 10.2. The Morgan fingerprint density at radius 1 is 1.16 bits per heavy atom. The molecule has 32 heavy (non-hydrogen) atoms. The summed E-state index contributed by atoms with van der Waals surface area (Å²) in [6.07, 6.45) is 1.93. The quantitative estimate of drug-likeness (QED) is 0.533. The Bertz CT molecular complexity index is 1260. The van der Waals surface area contributed by atoms with Crippen LogP contribution in [0.2, 0.25) is 5.02 Å². The van der Waals surface area contributed by atoms with E-state index in [1.807, 2.05) is 40.4 Å². The van der Waals surface area contributed by atoms with Crippen LogP contribution in [0.5, 0.6) is 0 Å². The Balaban J connectivity index is 1.45. The van der Waals surface area contributed by atoms with Crippen molar-refractivity contribution in [3.05, 3.63) is 75.5 Å². The topological polar surface area (TPSA) is 75.9 Å². The van der Waals surface area contributed by atoms with Crippen LogP contribution in [0, 0.1) is 0 Å². The number of hydrogen-bond acceptors (Lipinski definition) is 5. The van der Waals surface area contributed by atoms with Gasteiger partial charge in [0.1, 0.15) is 0 Å². The fourth-order valence-electron chi connectivity index (χ4n) is 3.20. The molecule has 7 nitrogen and oxygen atoms in total. The second-order valence-electron chi connectivity index (χ2n) is 6.99. The number of benzene rings is 2. The SMILES string of the molecule is O=S(=O)(c1ccc(NC(=S)N=c2sccn2Cc2ccccc2Cl)cc1)N1CCOCC1. The van der Waals surface area contributed by atoms with E-state index in [1.54, 1.807) is 24.3 Å². The fourth-order valence-corrected chi connectivity index (χ4v) is 5.80. The molecule has 1 saturated heterocycles. The minimum absolute atomic E-state index is 0.239. The summed E-state index contributed by atoms with van der Waals surface area (Å²) < 4.78 is 34.1. The van der Waals surface area contributed by atoms with Crippen LogP contribution in [0.25, 0.3) is 0 Å². The van der Waals surface area contributed by atoms with Gasteiger partial charge in [-0.2, -0.15) is 9.30 Å². The van der Waals surface area contributed by atoms with Gasteiger partial charge >= 0.3 is 0 Å². The van der Waals surface area contributed by atoms with Crippen LogP contribution in [0.15, 0.2) is 70.0 Å². The van der Waals surface area contributed by atoms with Crippen LogP contribution in [0.4, 0.5) is 5.69 Å². The molecule has 2 aromatic carbocycles. The van der Waals surface area contributed by atoms with Gasteiger partial charge in [-0.25, -0.2) is 8.42 Å². The van der Waals surface area contributed by atoms with Gasteiger partial charge in [0.2, 0.25) is 10.0 Å². The highest BCUT2D eigenvalue weighted by molar-refractivity contribution is 7.89. The normalized spacial score (nSPS) is 15.6. The van der Waals surface area contributed by atoms with Gasteiger partial charge in [-0.05, 0) is 48.1 Å². The van der Waals surface area contributed by atoms with Crippen LogP contribution < -0.4 is 10.1 Å². The summed E-state index contributed by atoms with van der Waals surface area (Å²) >= 11 is 13.1. The molecular formula is C21H21ClN4O3S3. The molecule has 1 N–H and O–H groups in total. The smallest absolute Gasteiger partial charge is 0.243 e. The monoisotopic (exact) mass is 508 g/mol. The molecule has 0 saturated carbocycles. The molecule has 0 spiro atoms. The van der Waals surface area contributed by atoms with Crippen LogP contribution in [-0.2, 0) is 21.3 Å². The zero-order chi connectivity index (χ0) is 22.6. The number of nitrogens with zero attached hydrogens (tertiary/aromatic N) is 3. The van der Waals surface area contributed by atoms with Crippen molar-refractivity contribution < 1.29 is 13.2 Å². The van der Waals surface area contributed by atoms with E-state index in [4.69, 9.17) is 28.6 Å². The molecule has 11 heteroatoms. The Labute approximate surface area is 201 Å². The maximum atomic E-state index is 12.7. The van der Waals surface area contributed by atoms with E-state index in [-0.39, 0.29) is 10.0 Å². The van der Waals surface area contributed by atoms with Crippen molar-refractivity contribution in [2.45, 2.75) is 11.4 Å². The number of hydrogen-bond donors (Lipinski definition) is 1. The molecule has 168 valence electrons. The zero-order valence-corrected chi connectivity index (χ0v) is 20.2. The molecule has 0 aliphatic carbocycles. The number of anilines is 1. The molecule has 0 amide bonds. The van der Waals surface area contributed by atoms with Gasteiger partial charge in [0.15, 0.2) is 9.91 Å². The number of sulfonamides is 1. The Hall–Kier alpha value is -2.08. The second-order valence-corrected chi connectivity index (χ2v) is 10.6. The van der Waals surface area contributed by atoms with Crippen LogP contribution in [-0.4, -0.2) is 48.7 Å². The maximum absolute atomic E-state index is 12.7. The van der Waals surface area contributed by atoms with Gasteiger partial charge in [0.25, 0.3) is 0 Å². The summed E-state index contributed by atoms with van der Waals surface area (Å²) in [7, 11) is -3.53. The zero-order valence-electron chi connectivity index (χ0n) is 17.0. The highest BCUT2D eigenvalue weighted by Gasteiger charge is 2.26. The summed E-state index contributed by atoms with van der Waals surface area (Å²) in [5.74, 6) is 0. The Kier molecular flexibility index (Phi) is 7.39. The van der Waals surface area contributed by atoms with Gasteiger partial charge in [0, 0.05) is 35.4 Å². The van der Waals surface area contributed by atoms with E-state index in [9.17, 15) is 8.42 Å². The summed E-state index contributed by atoms with van der Waals surface area (Å²) in [6, 6.07) is 14.2. The predicted molar refractivity (Wildman–Crippen MR) is 131 cm³/mol. The molecule has 0 bridgehead atoms. The van der Waals surface area contributed by atoms with Crippen molar-refractivity contribution in [3.8, 4) is 0 Å². The number of halogens is 1. The molecule has 0 atom stereocenters. The van der Waals surface area contributed by atoms with Crippen LogP contribution in [0.3, 0.4) is 0 Å². The molecule has 2 heterocycles. The van der Waals surface area contributed by atoms with Crippen molar-refractivity contribution in [1.29, 1.82) is 0 Å². The largest absolute Gasteiger partial charge is 0.379 e. The van der Waals surface area contributed by atoms with E-state index in [2.05, 4.69) is 10.3 Å². The van der Waals surface area contributed by atoms with Gasteiger partial charge in [-0.3, -0.25) is 0 Å². The lowest BCUT2D eigenvalue weighted by Gasteiger charge is -2.26. The number of thiocarbonyl (C=S) groups is 1. The molecule has 1 aromatic heterocycles. The lowest BCUT2D eigenvalue weighted by Crippen LogP contribution is -2.40. The van der Waals surface area contributed by atoms with E-state index >= 15 is 0 Å². The van der Waals surface area contributed by atoms with Crippen molar-refractivity contribution in [2.75, 3.05) is 31.6 Å². The summed E-state index contributed by atoms with van der Waals surface area (Å²) in [5, 5.41) is 5.96. The van der Waals surface area contributed by atoms with Crippen molar-refractivity contribution in [2.24, 2.45) is 4.99 Å². The number of rotatable bonds is 5. The standard InChI is InChI=1S/C21H21ClN4O3S3/c22-19-4-2-1-3-16(19)15-25-11-14-31-21(25)24-20(30)23-17-5-7-18(8-6-17)32(27,28)26-9-12-29-13-10-26/h1-8,11,14H,9-10,12-13,15H2,(H,23,30). The average molecular weight is 509 g/mol. The predicted octanol–water partition coefficient (Wildman–Crippen LogP) is 3.57. The minimum atomic E-state index is -3.53. The molecule has 1 aliphatic rings. The molecule has 0 radical (unpaired) electrons. The van der Waals surface area contributed by atoms with Crippen LogP contribution >= 0.6 is 35.2 Å². The Morgan fingerprint density at radius 3 is 2.59 bits per heavy atom. The molecule has 0 unspecified atom stereocenters. The molecule has 1 aliphatic heterocycles. The first-order valence-corrected chi connectivity index (χ1v) is 12.9. The van der Waals surface area contributed by atoms with Crippen LogP contribution in [0.1, 0.15) is 5.56 Å². The first-order valence-electron chi connectivity index (χ1n) is 9.84. The highest BCUT2D eigenvalue weighted by atomic mass is 35.5. The van der Waals surface area contributed by atoms with Crippen molar-refractivity contribution >= 4 is 56.0 Å². The molecule has 1 fully saturated rings. The number of thiazole rings is 1. The first kappa shape index (κ1) is 23.1. The van der Waals surface area contributed by atoms with Gasteiger partial charge in [-0.15, -0.1) is 11.3 Å². The van der Waals surface area contributed by atoms with E-state index in [1.165, 1.54) is 15.6 Å². The van der Waals surface area contributed by atoms with Gasteiger partial charge in [0.05, 0.1) is 24.7 Å². The van der Waals surface area contributed by atoms with Crippen molar-refractivity contribution in [3.63, 3.8) is 0 Å². The maximum Gasteiger partial charge on any atom is 0.243 e. The molecule has 4 rings (SSSR count). The second kappa shape index (κ2) is 10.2.